The molecule has 2 amide bonds. The van der Waals surface area contributed by atoms with Crippen LogP contribution in [-0.4, -0.2) is 30.4 Å². The third kappa shape index (κ3) is 7.46. The predicted octanol–water partition coefficient (Wildman–Crippen LogP) is 0.977. The number of hydrogen-bond donors (Lipinski definition) is 3. The van der Waals surface area contributed by atoms with E-state index in [1.54, 1.807) is 0 Å². The van der Waals surface area contributed by atoms with Crippen LogP contribution >= 0.6 is 0 Å². The van der Waals surface area contributed by atoms with Crippen LogP contribution in [0.15, 0.2) is 30.3 Å². The van der Waals surface area contributed by atoms with Crippen molar-refractivity contribution in [1.29, 1.82) is 0 Å². The van der Waals surface area contributed by atoms with Gasteiger partial charge in [-0.25, -0.2) is 0 Å². The van der Waals surface area contributed by atoms with Crippen molar-refractivity contribution in [3.63, 3.8) is 0 Å². The van der Waals surface area contributed by atoms with Crippen LogP contribution in [0.2, 0.25) is 0 Å². The zero-order valence-corrected chi connectivity index (χ0v) is 12.8. The molecule has 0 spiro atoms. The first kappa shape index (κ1) is 17.2. The fourth-order valence-corrected chi connectivity index (χ4v) is 1.92. The van der Waals surface area contributed by atoms with E-state index in [9.17, 15) is 9.59 Å². The summed E-state index contributed by atoms with van der Waals surface area (Å²) in [6.07, 6.45) is 1.63. The van der Waals surface area contributed by atoms with Gasteiger partial charge in [-0.15, -0.1) is 0 Å². The maximum atomic E-state index is 11.8. The smallest absolute Gasteiger partial charge is 0.236 e. The minimum atomic E-state index is -0.543. The Morgan fingerprint density at radius 2 is 1.86 bits per heavy atom. The molecule has 0 heterocycles. The molecule has 0 saturated carbocycles. The maximum Gasteiger partial charge on any atom is 0.236 e. The lowest BCUT2D eigenvalue weighted by molar-refractivity contribution is -0.123. The minimum Gasteiger partial charge on any atom is -0.354 e. The molecule has 0 radical (unpaired) electrons. The largest absolute Gasteiger partial charge is 0.354 e. The summed E-state index contributed by atoms with van der Waals surface area (Å²) in [5, 5.41) is 5.47. The Morgan fingerprint density at radius 3 is 2.48 bits per heavy atom. The van der Waals surface area contributed by atoms with Gasteiger partial charge in [0.15, 0.2) is 0 Å². The average Bonchev–Trinajstić information content (AvgIpc) is 2.44. The van der Waals surface area contributed by atoms with Crippen LogP contribution in [0.1, 0.15) is 32.3 Å². The van der Waals surface area contributed by atoms with E-state index in [4.69, 9.17) is 5.73 Å². The molecular formula is C16H25N3O2. The lowest BCUT2D eigenvalue weighted by Crippen LogP contribution is -2.42. The highest BCUT2D eigenvalue weighted by Crippen LogP contribution is 2.04. The molecule has 1 aromatic carbocycles. The van der Waals surface area contributed by atoms with E-state index in [0.717, 1.165) is 12.0 Å². The molecule has 0 fully saturated rings. The molecule has 21 heavy (non-hydrogen) atoms. The van der Waals surface area contributed by atoms with Crippen molar-refractivity contribution in [2.24, 2.45) is 5.73 Å². The van der Waals surface area contributed by atoms with Gasteiger partial charge in [0.25, 0.3) is 0 Å². The van der Waals surface area contributed by atoms with Gasteiger partial charge in [-0.3, -0.25) is 9.59 Å². The van der Waals surface area contributed by atoms with Crippen molar-refractivity contribution < 1.29 is 9.59 Å². The van der Waals surface area contributed by atoms with Gasteiger partial charge in [-0.1, -0.05) is 30.3 Å². The fourth-order valence-electron chi connectivity index (χ4n) is 1.92. The summed E-state index contributed by atoms with van der Waals surface area (Å²) in [6, 6.07) is 9.49. The molecule has 0 aliphatic rings. The zero-order chi connectivity index (χ0) is 15.7. The van der Waals surface area contributed by atoms with E-state index >= 15 is 0 Å². The highest BCUT2D eigenvalue weighted by molar-refractivity contribution is 5.82. The number of aryl methyl sites for hydroxylation is 1. The van der Waals surface area contributed by atoms with Crippen LogP contribution in [-0.2, 0) is 16.0 Å². The second-order valence-corrected chi connectivity index (χ2v) is 5.39. The third-order valence-corrected chi connectivity index (χ3v) is 3.02. The van der Waals surface area contributed by atoms with Gasteiger partial charge in [0.1, 0.15) is 0 Å². The first-order chi connectivity index (χ1) is 9.99. The van der Waals surface area contributed by atoms with Crippen molar-refractivity contribution in [2.45, 2.75) is 45.2 Å². The summed E-state index contributed by atoms with van der Waals surface area (Å²) in [6.45, 7) is 4.11. The molecule has 1 unspecified atom stereocenters. The molecule has 0 aromatic heterocycles. The van der Waals surface area contributed by atoms with Crippen molar-refractivity contribution in [1.82, 2.24) is 10.6 Å². The maximum absolute atomic E-state index is 11.8. The molecule has 5 nitrogen and oxygen atoms in total. The third-order valence-electron chi connectivity index (χ3n) is 3.02. The van der Waals surface area contributed by atoms with Gasteiger partial charge in [0, 0.05) is 19.0 Å². The van der Waals surface area contributed by atoms with E-state index in [-0.39, 0.29) is 24.3 Å². The van der Waals surface area contributed by atoms with Gasteiger partial charge in [0.2, 0.25) is 11.8 Å². The summed E-state index contributed by atoms with van der Waals surface area (Å²) in [7, 11) is 0. The Balaban J connectivity index is 2.21. The lowest BCUT2D eigenvalue weighted by atomic mass is 10.1. The average molecular weight is 291 g/mol. The second kappa shape index (κ2) is 9.13. The molecule has 116 valence electrons. The van der Waals surface area contributed by atoms with Gasteiger partial charge < -0.3 is 16.4 Å². The van der Waals surface area contributed by atoms with Crippen LogP contribution in [0, 0.1) is 0 Å². The van der Waals surface area contributed by atoms with Crippen molar-refractivity contribution in [2.75, 3.05) is 6.54 Å². The Labute approximate surface area is 126 Å². The Hall–Kier alpha value is -1.88. The Morgan fingerprint density at radius 1 is 1.19 bits per heavy atom. The van der Waals surface area contributed by atoms with Gasteiger partial charge >= 0.3 is 0 Å². The van der Waals surface area contributed by atoms with Crippen LogP contribution in [0.25, 0.3) is 0 Å². The number of nitrogens with two attached hydrogens (primary N) is 1. The molecule has 1 atom stereocenters. The minimum absolute atomic E-state index is 0.0665. The Bertz CT molecular complexity index is 446. The molecule has 4 N–H and O–H groups in total. The molecule has 5 heteroatoms. The van der Waals surface area contributed by atoms with Gasteiger partial charge in [-0.2, -0.15) is 0 Å². The highest BCUT2D eigenvalue weighted by atomic mass is 16.2. The number of carbonyl (C=O) groups excluding carboxylic acids is 2. The first-order valence-electron chi connectivity index (χ1n) is 7.35. The molecule has 0 bridgehead atoms. The predicted molar refractivity (Wildman–Crippen MR) is 83.6 cm³/mol. The number of carbonyl (C=O) groups is 2. The van der Waals surface area contributed by atoms with Crippen LogP contribution < -0.4 is 16.4 Å². The second-order valence-electron chi connectivity index (χ2n) is 5.39. The van der Waals surface area contributed by atoms with Crippen molar-refractivity contribution in [3.05, 3.63) is 35.9 Å². The topological polar surface area (TPSA) is 84.2 Å². The SMILES string of the molecule is CC(C)NC(=O)CCNC(=O)C(N)CCc1ccccc1. The molecule has 0 aliphatic heterocycles. The molecular weight excluding hydrogens is 266 g/mol. The summed E-state index contributed by atoms with van der Waals surface area (Å²) >= 11 is 0. The monoisotopic (exact) mass is 291 g/mol. The lowest BCUT2D eigenvalue weighted by Gasteiger charge is -2.13. The van der Waals surface area contributed by atoms with Crippen molar-refractivity contribution in [3.8, 4) is 0 Å². The van der Waals surface area contributed by atoms with Crippen molar-refractivity contribution >= 4 is 11.8 Å². The van der Waals surface area contributed by atoms with Crippen LogP contribution in [0.3, 0.4) is 0 Å². The molecule has 0 saturated heterocycles. The normalized spacial score (nSPS) is 12.0. The summed E-state index contributed by atoms with van der Waals surface area (Å²) < 4.78 is 0. The standard InChI is InChI=1S/C16H25N3O2/c1-12(2)19-15(20)10-11-18-16(21)14(17)9-8-13-6-4-3-5-7-13/h3-7,12,14H,8-11,17H2,1-2H3,(H,18,21)(H,19,20). The van der Waals surface area contributed by atoms with E-state index < -0.39 is 6.04 Å². The van der Waals surface area contributed by atoms with E-state index in [1.807, 2.05) is 44.2 Å². The molecule has 0 aliphatic carbocycles. The highest BCUT2D eigenvalue weighted by Gasteiger charge is 2.13. The number of rotatable bonds is 8. The first-order valence-corrected chi connectivity index (χ1v) is 7.35. The van der Waals surface area contributed by atoms with Gasteiger partial charge in [0.05, 0.1) is 6.04 Å². The number of hydrogen-bond acceptors (Lipinski definition) is 3. The number of benzene rings is 1. The van der Waals surface area contributed by atoms with E-state index in [2.05, 4.69) is 10.6 Å². The van der Waals surface area contributed by atoms with Crippen LogP contribution in [0.5, 0.6) is 0 Å². The van der Waals surface area contributed by atoms with Gasteiger partial charge in [-0.05, 0) is 32.3 Å². The molecule has 1 rings (SSSR count). The molecule has 1 aromatic rings. The summed E-state index contributed by atoms with van der Waals surface area (Å²) in [5.41, 5.74) is 7.01. The fraction of sp³-hybridized carbons (Fsp3) is 0.500. The quantitative estimate of drug-likeness (QED) is 0.667. The zero-order valence-electron chi connectivity index (χ0n) is 12.8. The summed E-state index contributed by atoms with van der Waals surface area (Å²) in [4.78, 5) is 23.2. The van der Waals surface area contributed by atoms with E-state index in [0.29, 0.717) is 13.0 Å². The Kier molecular flexibility index (Phi) is 7.46. The number of amides is 2. The van der Waals surface area contributed by atoms with E-state index in [1.165, 1.54) is 0 Å². The number of nitrogens with one attached hydrogen (secondary N) is 2. The summed E-state index contributed by atoms with van der Waals surface area (Å²) in [5.74, 6) is -0.272. The van der Waals surface area contributed by atoms with Crippen LogP contribution in [0.4, 0.5) is 0 Å².